The van der Waals surface area contributed by atoms with Gasteiger partial charge in [-0.1, -0.05) is 6.42 Å². The fourth-order valence-electron chi connectivity index (χ4n) is 2.52. The molecule has 1 aromatic rings. The van der Waals surface area contributed by atoms with E-state index in [2.05, 4.69) is 24.8 Å². The number of hydrogen-bond acceptors (Lipinski definition) is 3. The molecular weight excluding hydrogens is 234 g/mol. The van der Waals surface area contributed by atoms with Gasteiger partial charge >= 0.3 is 5.97 Å². The van der Waals surface area contributed by atoms with Gasteiger partial charge in [0, 0.05) is 16.3 Å². The Balaban J connectivity index is 2.10. The Hall–Kier alpha value is -0.870. The van der Waals surface area contributed by atoms with E-state index in [4.69, 9.17) is 0 Å². The molecule has 1 aliphatic rings. The van der Waals surface area contributed by atoms with Crippen LogP contribution in [0.3, 0.4) is 0 Å². The summed E-state index contributed by atoms with van der Waals surface area (Å²) in [5.41, 5.74) is 1.29. The lowest BCUT2D eigenvalue weighted by atomic mass is 10.0. The minimum atomic E-state index is -0.672. The van der Waals surface area contributed by atoms with Crippen LogP contribution in [0, 0.1) is 13.8 Å². The van der Waals surface area contributed by atoms with Gasteiger partial charge in [-0.25, -0.2) is 0 Å². The summed E-state index contributed by atoms with van der Waals surface area (Å²) in [6, 6.07) is 1.90. The Bertz CT molecular complexity index is 414. The van der Waals surface area contributed by atoms with Crippen molar-refractivity contribution in [2.45, 2.75) is 45.7 Å². The van der Waals surface area contributed by atoms with E-state index in [0.29, 0.717) is 0 Å². The molecule has 17 heavy (non-hydrogen) atoms. The van der Waals surface area contributed by atoms with E-state index in [9.17, 15) is 9.90 Å². The number of hydrogen-bond donors (Lipinski definition) is 1. The topological polar surface area (TPSA) is 40.5 Å². The Labute approximate surface area is 106 Å². The van der Waals surface area contributed by atoms with Crippen molar-refractivity contribution in [1.82, 2.24) is 4.90 Å². The molecular formula is C13H19NO2S. The predicted molar refractivity (Wildman–Crippen MR) is 69.5 cm³/mol. The van der Waals surface area contributed by atoms with Gasteiger partial charge in [0.25, 0.3) is 0 Å². The van der Waals surface area contributed by atoms with Gasteiger partial charge in [0.15, 0.2) is 0 Å². The molecule has 1 aliphatic heterocycles. The molecule has 2 rings (SSSR count). The van der Waals surface area contributed by atoms with E-state index < -0.39 is 5.97 Å². The molecule has 1 aromatic heterocycles. The second-order valence-corrected chi connectivity index (χ2v) is 6.22. The average molecular weight is 253 g/mol. The lowest BCUT2D eigenvalue weighted by molar-refractivity contribution is -0.144. The lowest BCUT2D eigenvalue weighted by Crippen LogP contribution is -2.44. The number of aliphatic carboxylic acids is 1. The van der Waals surface area contributed by atoms with Gasteiger partial charge in [-0.2, -0.15) is 0 Å². The minimum absolute atomic E-state index is 0.289. The Kier molecular flexibility index (Phi) is 3.84. The Morgan fingerprint density at radius 2 is 2.29 bits per heavy atom. The van der Waals surface area contributed by atoms with Gasteiger partial charge in [0.2, 0.25) is 0 Å². The van der Waals surface area contributed by atoms with Crippen LogP contribution < -0.4 is 0 Å². The summed E-state index contributed by atoms with van der Waals surface area (Å²) in [5.74, 6) is -0.672. The maximum absolute atomic E-state index is 11.2. The van der Waals surface area contributed by atoms with E-state index in [1.807, 2.05) is 0 Å². The molecule has 0 aliphatic carbocycles. The summed E-state index contributed by atoms with van der Waals surface area (Å²) in [6.07, 6.45) is 2.94. The second kappa shape index (κ2) is 5.19. The standard InChI is InChI=1S/C13H19NO2S/c1-9-7-11(10(2)17-9)8-14-6-4-3-5-12(14)13(15)16/h7,12H,3-6,8H2,1-2H3,(H,15,16). The van der Waals surface area contributed by atoms with E-state index in [0.717, 1.165) is 32.4 Å². The van der Waals surface area contributed by atoms with Crippen LogP contribution in [0.5, 0.6) is 0 Å². The predicted octanol–water partition coefficient (Wildman–Crippen LogP) is 2.80. The van der Waals surface area contributed by atoms with Crippen LogP contribution in [0.25, 0.3) is 0 Å². The van der Waals surface area contributed by atoms with E-state index in [1.54, 1.807) is 11.3 Å². The fourth-order valence-corrected chi connectivity index (χ4v) is 3.46. The number of aryl methyl sites for hydroxylation is 2. The van der Waals surface area contributed by atoms with Crippen LogP contribution in [0.4, 0.5) is 0 Å². The summed E-state index contributed by atoms with van der Waals surface area (Å²) < 4.78 is 0. The van der Waals surface area contributed by atoms with Crippen molar-refractivity contribution in [1.29, 1.82) is 0 Å². The maximum Gasteiger partial charge on any atom is 0.320 e. The summed E-state index contributed by atoms with van der Waals surface area (Å²) in [6.45, 7) is 5.91. The number of carboxylic acid groups (broad SMARTS) is 1. The highest BCUT2D eigenvalue weighted by atomic mass is 32.1. The van der Waals surface area contributed by atoms with Gasteiger partial charge in [0.05, 0.1) is 0 Å². The Morgan fingerprint density at radius 1 is 1.53 bits per heavy atom. The number of nitrogens with zero attached hydrogens (tertiary/aromatic N) is 1. The van der Waals surface area contributed by atoms with Gasteiger partial charge < -0.3 is 5.11 Å². The summed E-state index contributed by atoms with van der Waals surface area (Å²) in [7, 11) is 0. The number of thiophene rings is 1. The van der Waals surface area contributed by atoms with E-state index in [-0.39, 0.29) is 6.04 Å². The molecule has 2 heterocycles. The van der Waals surface area contributed by atoms with Crippen molar-refractivity contribution in [3.8, 4) is 0 Å². The van der Waals surface area contributed by atoms with Crippen LogP contribution in [0.1, 0.15) is 34.6 Å². The molecule has 1 fully saturated rings. The first-order chi connectivity index (χ1) is 8.08. The zero-order valence-electron chi connectivity index (χ0n) is 10.4. The molecule has 1 atom stereocenters. The molecule has 1 N–H and O–H groups in total. The van der Waals surface area contributed by atoms with Crippen LogP contribution in [-0.2, 0) is 11.3 Å². The molecule has 1 unspecified atom stereocenters. The molecule has 0 radical (unpaired) electrons. The summed E-state index contributed by atoms with van der Waals surface area (Å²) >= 11 is 1.79. The molecule has 4 heteroatoms. The number of likely N-dealkylation sites (tertiary alicyclic amines) is 1. The number of piperidine rings is 1. The number of rotatable bonds is 3. The largest absolute Gasteiger partial charge is 0.480 e. The molecule has 0 bridgehead atoms. The van der Waals surface area contributed by atoms with Crippen LogP contribution >= 0.6 is 11.3 Å². The molecule has 0 spiro atoms. The zero-order chi connectivity index (χ0) is 12.4. The normalized spacial score (nSPS) is 21.6. The Morgan fingerprint density at radius 3 is 2.88 bits per heavy atom. The number of carboxylic acids is 1. The fraction of sp³-hybridized carbons (Fsp3) is 0.615. The zero-order valence-corrected chi connectivity index (χ0v) is 11.2. The van der Waals surface area contributed by atoms with Crippen molar-refractivity contribution in [3.05, 3.63) is 21.4 Å². The third kappa shape index (κ3) is 2.87. The van der Waals surface area contributed by atoms with Crippen molar-refractivity contribution >= 4 is 17.3 Å². The first-order valence-electron chi connectivity index (χ1n) is 6.10. The molecule has 1 saturated heterocycles. The van der Waals surface area contributed by atoms with Crippen LogP contribution in [0.15, 0.2) is 6.07 Å². The van der Waals surface area contributed by atoms with Crippen LogP contribution in [-0.4, -0.2) is 28.6 Å². The van der Waals surface area contributed by atoms with Gasteiger partial charge in [-0.05, 0) is 44.9 Å². The third-order valence-electron chi connectivity index (χ3n) is 3.42. The molecule has 3 nitrogen and oxygen atoms in total. The minimum Gasteiger partial charge on any atom is -0.480 e. The second-order valence-electron chi connectivity index (χ2n) is 4.76. The van der Waals surface area contributed by atoms with Crippen molar-refractivity contribution in [2.24, 2.45) is 0 Å². The van der Waals surface area contributed by atoms with Gasteiger partial charge in [-0.15, -0.1) is 11.3 Å². The lowest BCUT2D eigenvalue weighted by Gasteiger charge is -2.32. The van der Waals surface area contributed by atoms with E-state index >= 15 is 0 Å². The SMILES string of the molecule is Cc1cc(CN2CCCCC2C(=O)O)c(C)s1. The average Bonchev–Trinajstić information content (AvgIpc) is 2.58. The van der Waals surface area contributed by atoms with Gasteiger partial charge in [0.1, 0.15) is 6.04 Å². The first-order valence-corrected chi connectivity index (χ1v) is 6.92. The molecule has 94 valence electrons. The van der Waals surface area contributed by atoms with Crippen molar-refractivity contribution in [2.75, 3.05) is 6.54 Å². The van der Waals surface area contributed by atoms with E-state index in [1.165, 1.54) is 15.3 Å². The highest BCUT2D eigenvalue weighted by molar-refractivity contribution is 7.12. The highest BCUT2D eigenvalue weighted by Crippen LogP contribution is 2.25. The molecule has 0 aromatic carbocycles. The summed E-state index contributed by atoms with van der Waals surface area (Å²) in [4.78, 5) is 15.9. The quantitative estimate of drug-likeness (QED) is 0.900. The number of carbonyl (C=O) groups is 1. The smallest absolute Gasteiger partial charge is 0.320 e. The van der Waals surface area contributed by atoms with Gasteiger partial charge in [-0.3, -0.25) is 9.69 Å². The van der Waals surface area contributed by atoms with Crippen LogP contribution in [0.2, 0.25) is 0 Å². The monoisotopic (exact) mass is 253 g/mol. The third-order valence-corrected chi connectivity index (χ3v) is 4.42. The summed E-state index contributed by atoms with van der Waals surface area (Å²) in [5, 5.41) is 9.22. The molecule has 0 amide bonds. The highest BCUT2D eigenvalue weighted by Gasteiger charge is 2.28. The first kappa shape index (κ1) is 12.6. The van der Waals surface area contributed by atoms with Crippen molar-refractivity contribution in [3.63, 3.8) is 0 Å². The van der Waals surface area contributed by atoms with Crippen molar-refractivity contribution < 1.29 is 9.90 Å². The maximum atomic E-state index is 11.2. The molecule has 0 saturated carbocycles.